The number of hydrogen-bond donors (Lipinski definition) is 1. The molecule has 0 radical (unpaired) electrons. The van der Waals surface area contributed by atoms with Gasteiger partial charge in [-0.1, -0.05) is 12.1 Å². The first-order chi connectivity index (χ1) is 9.21. The monoisotopic (exact) mass is 257 g/mol. The molecule has 4 aliphatic rings. The molecule has 0 atom stereocenters. The van der Waals surface area contributed by atoms with Gasteiger partial charge in [0.15, 0.2) is 0 Å². The maximum absolute atomic E-state index is 6.43. The topological polar surface area (TPSA) is 35.2 Å². The quantitative estimate of drug-likeness (QED) is 0.837. The van der Waals surface area contributed by atoms with Crippen molar-refractivity contribution in [2.75, 3.05) is 5.73 Å². The Morgan fingerprint density at radius 3 is 2.26 bits per heavy atom. The van der Waals surface area contributed by atoms with Crippen LogP contribution in [-0.2, 0) is 11.3 Å². The number of benzene rings is 1. The number of ether oxygens (including phenoxy) is 1. The van der Waals surface area contributed by atoms with Crippen LogP contribution in [0.2, 0.25) is 0 Å². The highest BCUT2D eigenvalue weighted by molar-refractivity contribution is 5.40. The van der Waals surface area contributed by atoms with Gasteiger partial charge in [0.2, 0.25) is 0 Å². The molecule has 0 aliphatic heterocycles. The summed E-state index contributed by atoms with van der Waals surface area (Å²) in [7, 11) is 0. The number of hydrogen-bond acceptors (Lipinski definition) is 2. The van der Waals surface area contributed by atoms with E-state index in [9.17, 15) is 0 Å². The third-order valence-corrected chi connectivity index (χ3v) is 5.48. The Kier molecular flexibility index (Phi) is 2.63. The second-order valence-electron chi connectivity index (χ2n) is 7.13. The Morgan fingerprint density at radius 2 is 1.68 bits per heavy atom. The first-order valence-electron chi connectivity index (χ1n) is 7.69. The van der Waals surface area contributed by atoms with Crippen LogP contribution in [-0.4, -0.2) is 5.60 Å². The van der Waals surface area contributed by atoms with Crippen molar-refractivity contribution < 1.29 is 4.74 Å². The SMILES string of the molecule is Nc1cccc(COC23CC4CC(CC(C4)C2)C3)c1. The Morgan fingerprint density at radius 1 is 1.05 bits per heavy atom. The standard InChI is InChI=1S/C17H23NO/c18-16-3-1-2-12(7-16)11-19-17-8-13-4-14(9-17)6-15(5-13)10-17/h1-3,7,13-15H,4-6,8-11,18H2. The van der Waals surface area contributed by atoms with Gasteiger partial charge in [0.1, 0.15) is 0 Å². The molecule has 4 saturated carbocycles. The molecular formula is C17H23NO. The van der Waals surface area contributed by atoms with Gasteiger partial charge < -0.3 is 10.5 Å². The van der Waals surface area contributed by atoms with E-state index in [1.54, 1.807) is 0 Å². The third kappa shape index (κ3) is 2.16. The Labute approximate surface area is 115 Å². The average Bonchev–Trinajstić information content (AvgIpc) is 2.35. The van der Waals surface area contributed by atoms with Crippen LogP contribution in [0.5, 0.6) is 0 Å². The van der Waals surface area contributed by atoms with Crippen LogP contribution < -0.4 is 5.73 Å². The molecule has 4 fully saturated rings. The van der Waals surface area contributed by atoms with Crippen molar-refractivity contribution in [3.63, 3.8) is 0 Å². The molecule has 5 rings (SSSR count). The maximum Gasteiger partial charge on any atom is 0.0725 e. The summed E-state index contributed by atoms with van der Waals surface area (Å²) >= 11 is 0. The lowest BCUT2D eigenvalue weighted by molar-refractivity contribution is -0.168. The van der Waals surface area contributed by atoms with E-state index in [1.807, 2.05) is 18.2 Å². The molecule has 0 amide bonds. The fourth-order valence-corrected chi connectivity index (χ4v) is 5.13. The summed E-state index contributed by atoms with van der Waals surface area (Å²) in [4.78, 5) is 0. The molecular weight excluding hydrogens is 234 g/mol. The largest absolute Gasteiger partial charge is 0.399 e. The van der Waals surface area contributed by atoms with E-state index < -0.39 is 0 Å². The van der Waals surface area contributed by atoms with Crippen LogP contribution in [0.4, 0.5) is 5.69 Å². The van der Waals surface area contributed by atoms with Gasteiger partial charge in [-0.3, -0.25) is 0 Å². The molecule has 4 aliphatic carbocycles. The molecule has 19 heavy (non-hydrogen) atoms. The summed E-state index contributed by atoms with van der Waals surface area (Å²) in [6.07, 6.45) is 8.34. The molecule has 0 spiro atoms. The van der Waals surface area contributed by atoms with Crippen molar-refractivity contribution in [1.82, 2.24) is 0 Å². The number of nitrogens with two attached hydrogens (primary N) is 1. The zero-order chi connectivity index (χ0) is 12.9. The number of nitrogen functional groups attached to an aromatic ring is 1. The van der Waals surface area contributed by atoms with Crippen LogP contribution in [0, 0.1) is 17.8 Å². The van der Waals surface area contributed by atoms with Crippen LogP contribution in [0.25, 0.3) is 0 Å². The highest BCUT2D eigenvalue weighted by Gasteiger charge is 2.51. The molecule has 102 valence electrons. The summed E-state index contributed by atoms with van der Waals surface area (Å²) in [6.45, 7) is 0.733. The maximum atomic E-state index is 6.43. The lowest BCUT2D eigenvalue weighted by atomic mass is 9.54. The summed E-state index contributed by atoms with van der Waals surface area (Å²) in [6, 6.07) is 8.12. The van der Waals surface area contributed by atoms with Crippen LogP contribution in [0.3, 0.4) is 0 Å². The Hall–Kier alpha value is -1.02. The fourth-order valence-electron chi connectivity index (χ4n) is 5.13. The van der Waals surface area contributed by atoms with Gasteiger partial charge in [0, 0.05) is 5.69 Å². The highest BCUT2D eigenvalue weighted by atomic mass is 16.5. The van der Waals surface area contributed by atoms with Gasteiger partial charge >= 0.3 is 0 Å². The summed E-state index contributed by atoms with van der Waals surface area (Å²) in [5.41, 5.74) is 8.11. The second kappa shape index (κ2) is 4.24. The van der Waals surface area contributed by atoms with Crippen molar-refractivity contribution in [3.8, 4) is 0 Å². The number of anilines is 1. The van der Waals surface area contributed by atoms with Crippen LogP contribution in [0.1, 0.15) is 44.1 Å². The summed E-state index contributed by atoms with van der Waals surface area (Å²) in [5.74, 6) is 2.85. The minimum absolute atomic E-state index is 0.208. The Balaban J connectivity index is 1.48. The van der Waals surface area contributed by atoms with Gasteiger partial charge in [0.05, 0.1) is 12.2 Å². The van der Waals surface area contributed by atoms with Crippen molar-refractivity contribution in [1.29, 1.82) is 0 Å². The fraction of sp³-hybridized carbons (Fsp3) is 0.647. The minimum Gasteiger partial charge on any atom is -0.399 e. The molecule has 2 nitrogen and oxygen atoms in total. The number of rotatable bonds is 3. The molecule has 1 aromatic carbocycles. The third-order valence-electron chi connectivity index (χ3n) is 5.48. The van der Waals surface area contributed by atoms with Crippen molar-refractivity contribution in [2.45, 2.75) is 50.7 Å². The Bertz CT molecular complexity index is 447. The zero-order valence-corrected chi connectivity index (χ0v) is 11.5. The minimum atomic E-state index is 0.208. The molecule has 0 saturated heterocycles. The smallest absolute Gasteiger partial charge is 0.0725 e. The summed E-state index contributed by atoms with van der Waals surface area (Å²) < 4.78 is 6.43. The van der Waals surface area contributed by atoms with Gasteiger partial charge in [-0.25, -0.2) is 0 Å². The molecule has 1 aromatic rings. The van der Waals surface area contributed by atoms with E-state index in [0.29, 0.717) is 0 Å². The van der Waals surface area contributed by atoms with E-state index in [1.165, 1.54) is 44.1 Å². The van der Waals surface area contributed by atoms with Crippen molar-refractivity contribution in [3.05, 3.63) is 29.8 Å². The first-order valence-corrected chi connectivity index (χ1v) is 7.69. The van der Waals surface area contributed by atoms with Crippen LogP contribution in [0.15, 0.2) is 24.3 Å². The van der Waals surface area contributed by atoms with E-state index in [2.05, 4.69) is 6.07 Å². The predicted octanol–water partition coefficient (Wildman–Crippen LogP) is 3.75. The molecule has 2 heteroatoms. The van der Waals surface area contributed by atoms with Gasteiger partial charge in [-0.05, 0) is 74.0 Å². The normalized spacial score (nSPS) is 39.7. The molecule has 0 unspecified atom stereocenters. The molecule has 4 bridgehead atoms. The second-order valence-corrected chi connectivity index (χ2v) is 7.13. The lowest BCUT2D eigenvalue weighted by Crippen LogP contribution is -2.51. The lowest BCUT2D eigenvalue weighted by Gasteiger charge is -2.56. The van der Waals surface area contributed by atoms with Crippen molar-refractivity contribution in [2.24, 2.45) is 17.8 Å². The van der Waals surface area contributed by atoms with Crippen molar-refractivity contribution >= 4 is 5.69 Å². The predicted molar refractivity (Wildman–Crippen MR) is 76.5 cm³/mol. The van der Waals surface area contributed by atoms with Gasteiger partial charge in [-0.15, -0.1) is 0 Å². The van der Waals surface area contributed by atoms with E-state index in [4.69, 9.17) is 10.5 Å². The first kappa shape index (κ1) is 11.8. The zero-order valence-electron chi connectivity index (χ0n) is 11.5. The molecule has 2 N–H and O–H groups in total. The molecule has 0 heterocycles. The van der Waals surface area contributed by atoms with E-state index in [0.717, 1.165) is 30.0 Å². The van der Waals surface area contributed by atoms with E-state index in [-0.39, 0.29) is 5.60 Å². The van der Waals surface area contributed by atoms with Gasteiger partial charge in [0.25, 0.3) is 0 Å². The summed E-state index contributed by atoms with van der Waals surface area (Å²) in [5, 5.41) is 0. The average molecular weight is 257 g/mol. The van der Waals surface area contributed by atoms with Gasteiger partial charge in [-0.2, -0.15) is 0 Å². The molecule has 0 aromatic heterocycles. The highest BCUT2D eigenvalue weighted by Crippen LogP contribution is 2.57. The van der Waals surface area contributed by atoms with E-state index >= 15 is 0 Å². The van der Waals surface area contributed by atoms with Crippen LogP contribution >= 0.6 is 0 Å².